The Morgan fingerprint density at radius 1 is 1.24 bits per heavy atom. The number of halogens is 1. The summed E-state index contributed by atoms with van der Waals surface area (Å²) in [5.41, 5.74) is 0.507. The zero-order chi connectivity index (χ0) is 15.5. The zero-order valence-electron chi connectivity index (χ0n) is 11.5. The normalized spacial score (nSPS) is 21.5. The minimum atomic E-state index is -3.49. The van der Waals surface area contributed by atoms with Gasteiger partial charge in [0.1, 0.15) is 5.82 Å². The van der Waals surface area contributed by atoms with E-state index in [-0.39, 0.29) is 29.7 Å². The molecule has 1 N–H and O–H groups in total. The van der Waals surface area contributed by atoms with E-state index in [2.05, 4.69) is 4.72 Å². The van der Waals surface area contributed by atoms with E-state index in [9.17, 15) is 21.2 Å². The first-order valence-corrected chi connectivity index (χ1v) is 10.2. The van der Waals surface area contributed by atoms with E-state index < -0.39 is 25.7 Å². The van der Waals surface area contributed by atoms with Gasteiger partial charge in [0, 0.05) is 6.54 Å². The van der Waals surface area contributed by atoms with Gasteiger partial charge in [0.05, 0.1) is 17.3 Å². The molecule has 118 valence electrons. The molecule has 1 atom stereocenters. The van der Waals surface area contributed by atoms with Crippen molar-refractivity contribution in [3.05, 3.63) is 35.6 Å². The third kappa shape index (κ3) is 5.37. The highest BCUT2D eigenvalue weighted by Crippen LogP contribution is 2.21. The molecule has 1 aliphatic rings. The molecule has 1 heterocycles. The molecule has 2 rings (SSSR count). The molecule has 21 heavy (non-hydrogen) atoms. The first-order valence-electron chi connectivity index (χ1n) is 6.68. The average Bonchev–Trinajstić information content (AvgIpc) is 2.71. The standard InChI is InChI=1S/C13H18FNO4S2/c14-13-3-1-11(2-4-13)10-21(18,19)15-7-5-12-6-8-20(16,17)9-12/h1-4,12,15H,5-10H2. The maximum absolute atomic E-state index is 12.7. The van der Waals surface area contributed by atoms with Gasteiger partial charge in [0.15, 0.2) is 9.84 Å². The van der Waals surface area contributed by atoms with E-state index in [0.717, 1.165) is 0 Å². The molecule has 1 aromatic rings. The Bertz CT molecular complexity index is 683. The molecule has 5 nitrogen and oxygen atoms in total. The van der Waals surface area contributed by atoms with Gasteiger partial charge in [0.25, 0.3) is 0 Å². The van der Waals surface area contributed by atoms with Crippen LogP contribution in [0.25, 0.3) is 0 Å². The summed E-state index contributed by atoms with van der Waals surface area (Å²) in [6.07, 6.45) is 1.11. The van der Waals surface area contributed by atoms with Crippen LogP contribution in [0.4, 0.5) is 4.39 Å². The Hall–Kier alpha value is -0.990. The maximum Gasteiger partial charge on any atom is 0.215 e. The lowest BCUT2D eigenvalue weighted by Gasteiger charge is -2.09. The van der Waals surface area contributed by atoms with Crippen LogP contribution in [0.2, 0.25) is 0 Å². The third-order valence-electron chi connectivity index (χ3n) is 3.47. The molecule has 8 heteroatoms. The first-order chi connectivity index (χ1) is 9.76. The maximum atomic E-state index is 12.7. The molecule has 0 bridgehead atoms. The molecule has 1 aliphatic heterocycles. The van der Waals surface area contributed by atoms with Crippen molar-refractivity contribution in [2.24, 2.45) is 5.92 Å². The molecule has 0 aliphatic carbocycles. The van der Waals surface area contributed by atoms with E-state index in [0.29, 0.717) is 18.4 Å². The monoisotopic (exact) mass is 335 g/mol. The van der Waals surface area contributed by atoms with Crippen LogP contribution in [-0.4, -0.2) is 34.9 Å². The Balaban J connectivity index is 1.80. The highest BCUT2D eigenvalue weighted by Gasteiger charge is 2.27. The smallest absolute Gasteiger partial charge is 0.215 e. The summed E-state index contributed by atoms with van der Waals surface area (Å²) < 4.78 is 61.5. The van der Waals surface area contributed by atoms with Crippen molar-refractivity contribution in [3.63, 3.8) is 0 Å². The summed E-state index contributed by atoms with van der Waals surface area (Å²) in [7, 11) is -6.42. The van der Waals surface area contributed by atoms with Crippen molar-refractivity contribution in [2.45, 2.75) is 18.6 Å². The summed E-state index contributed by atoms with van der Waals surface area (Å²) in [6.45, 7) is 0.226. The second-order valence-corrected chi connectivity index (χ2v) is 9.37. The second-order valence-electron chi connectivity index (χ2n) is 5.34. The highest BCUT2D eigenvalue weighted by atomic mass is 32.2. The molecular formula is C13H18FNO4S2. The van der Waals surface area contributed by atoms with Gasteiger partial charge < -0.3 is 0 Å². The Morgan fingerprint density at radius 3 is 2.48 bits per heavy atom. The summed E-state index contributed by atoms with van der Waals surface area (Å²) in [5, 5.41) is 0. The highest BCUT2D eigenvalue weighted by molar-refractivity contribution is 7.91. The van der Waals surface area contributed by atoms with Crippen molar-refractivity contribution >= 4 is 19.9 Å². The van der Waals surface area contributed by atoms with Gasteiger partial charge in [-0.1, -0.05) is 12.1 Å². The summed E-state index contributed by atoms with van der Waals surface area (Å²) in [4.78, 5) is 0. The van der Waals surface area contributed by atoms with Gasteiger partial charge in [-0.25, -0.2) is 25.9 Å². The fourth-order valence-corrected chi connectivity index (χ4v) is 5.44. The Morgan fingerprint density at radius 2 is 1.90 bits per heavy atom. The van der Waals surface area contributed by atoms with E-state index >= 15 is 0 Å². The van der Waals surface area contributed by atoms with Crippen molar-refractivity contribution in [1.82, 2.24) is 4.72 Å². The number of benzene rings is 1. The van der Waals surface area contributed by atoms with Crippen LogP contribution < -0.4 is 4.72 Å². The summed E-state index contributed by atoms with van der Waals surface area (Å²) >= 11 is 0. The molecule has 0 spiro atoms. The number of rotatable bonds is 6. The van der Waals surface area contributed by atoms with Gasteiger partial charge in [-0.3, -0.25) is 0 Å². The van der Waals surface area contributed by atoms with Crippen molar-refractivity contribution in [1.29, 1.82) is 0 Å². The van der Waals surface area contributed by atoms with E-state index in [1.807, 2.05) is 0 Å². The quantitative estimate of drug-likeness (QED) is 0.843. The SMILES string of the molecule is O=S1(=O)CCC(CCNS(=O)(=O)Cc2ccc(F)cc2)C1. The predicted molar refractivity (Wildman–Crippen MR) is 78.4 cm³/mol. The Kier molecular flexibility index (Phi) is 5.00. The molecular weight excluding hydrogens is 317 g/mol. The van der Waals surface area contributed by atoms with Crippen LogP contribution in [-0.2, 0) is 25.6 Å². The minimum Gasteiger partial charge on any atom is -0.229 e. The molecule has 1 fully saturated rings. The van der Waals surface area contributed by atoms with Crippen molar-refractivity contribution < 1.29 is 21.2 Å². The van der Waals surface area contributed by atoms with Crippen molar-refractivity contribution in [3.8, 4) is 0 Å². The predicted octanol–water partition coefficient (Wildman–Crippen LogP) is 1.07. The molecule has 1 aromatic carbocycles. The van der Waals surface area contributed by atoms with Gasteiger partial charge in [0.2, 0.25) is 10.0 Å². The number of sulfonamides is 1. The summed E-state index contributed by atoms with van der Waals surface area (Å²) in [6, 6.07) is 5.29. The lowest BCUT2D eigenvalue weighted by atomic mass is 10.1. The zero-order valence-corrected chi connectivity index (χ0v) is 13.1. The van der Waals surface area contributed by atoms with Gasteiger partial charge in [-0.15, -0.1) is 0 Å². The van der Waals surface area contributed by atoms with Crippen LogP contribution in [0.5, 0.6) is 0 Å². The largest absolute Gasteiger partial charge is 0.229 e. The molecule has 0 aromatic heterocycles. The summed E-state index contributed by atoms with van der Waals surface area (Å²) in [5.74, 6) is -0.252. The molecule has 1 unspecified atom stereocenters. The van der Waals surface area contributed by atoms with Crippen molar-refractivity contribution in [2.75, 3.05) is 18.1 Å². The van der Waals surface area contributed by atoms with Gasteiger partial charge >= 0.3 is 0 Å². The fraction of sp³-hybridized carbons (Fsp3) is 0.538. The lowest BCUT2D eigenvalue weighted by Crippen LogP contribution is -2.27. The molecule has 0 saturated carbocycles. The molecule has 1 saturated heterocycles. The minimum absolute atomic E-state index is 0.0310. The number of hydrogen-bond acceptors (Lipinski definition) is 4. The number of nitrogens with one attached hydrogen (secondary N) is 1. The number of hydrogen-bond donors (Lipinski definition) is 1. The lowest BCUT2D eigenvalue weighted by molar-refractivity contribution is 0.527. The van der Waals surface area contributed by atoms with Crippen LogP contribution in [0.3, 0.4) is 0 Å². The average molecular weight is 335 g/mol. The van der Waals surface area contributed by atoms with Crippen LogP contribution in [0.1, 0.15) is 18.4 Å². The van der Waals surface area contributed by atoms with E-state index in [1.54, 1.807) is 0 Å². The number of sulfone groups is 1. The first kappa shape index (κ1) is 16.4. The van der Waals surface area contributed by atoms with Crippen LogP contribution in [0, 0.1) is 11.7 Å². The van der Waals surface area contributed by atoms with E-state index in [1.165, 1.54) is 24.3 Å². The van der Waals surface area contributed by atoms with Crippen LogP contribution in [0.15, 0.2) is 24.3 Å². The van der Waals surface area contributed by atoms with Gasteiger partial charge in [-0.2, -0.15) is 0 Å². The van der Waals surface area contributed by atoms with E-state index in [4.69, 9.17) is 0 Å². The van der Waals surface area contributed by atoms with Gasteiger partial charge in [-0.05, 0) is 36.5 Å². The topological polar surface area (TPSA) is 80.3 Å². The van der Waals surface area contributed by atoms with Crippen LogP contribution >= 0.6 is 0 Å². The molecule has 0 amide bonds. The second kappa shape index (κ2) is 6.41. The fourth-order valence-electron chi connectivity index (χ4n) is 2.37. The third-order valence-corrected chi connectivity index (χ3v) is 6.67. The Labute approximate surface area is 124 Å². The molecule has 0 radical (unpaired) electrons.